The predicted molar refractivity (Wildman–Crippen MR) is 143 cm³/mol. The lowest BCUT2D eigenvalue weighted by atomic mass is 10.1. The number of nitrogens with zero attached hydrogens (tertiary/aromatic N) is 3. The highest BCUT2D eigenvalue weighted by molar-refractivity contribution is 7.16. The molecule has 0 aliphatic carbocycles. The van der Waals surface area contributed by atoms with Gasteiger partial charge in [0, 0.05) is 5.39 Å². The van der Waals surface area contributed by atoms with E-state index < -0.39 is 11.9 Å². The zero-order valence-electron chi connectivity index (χ0n) is 19.8. The van der Waals surface area contributed by atoms with Crippen molar-refractivity contribution in [1.82, 2.24) is 9.55 Å². The van der Waals surface area contributed by atoms with Crippen molar-refractivity contribution in [1.29, 1.82) is 0 Å². The number of thiazole rings is 1. The molecule has 0 atom stereocenters. The molecule has 0 spiro atoms. The van der Waals surface area contributed by atoms with Crippen LogP contribution in [-0.2, 0) is 16.1 Å². The van der Waals surface area contributed by atoms with Crippen molar-refractivity contribution in [2.24, 2.45) is 4.99 Å². The molecule has 9 heteroatoms. The highest BCUT2D eigenvalue weighted by atomic mass is 32.1. The summed E-state index contributed by atoms with van der Waals surface area (Å²) in [6.45, 7) is 4.44. The van der Waals surface area contributed by atoms with Gasteiger partial charge in [-0.3, -0.25) is 9.59 Å². The van der Waals surface area contributed by atoms with Gasteiger partial charge in [0.05, 0.1) is 45.1 Å². The summed E-state index contributed by atoms with van der Waals surface area (Å²) < 4.78 is 13.4. The van der Waals surface area contributed by atoms with Crippen LogP contribution in [0.3, 0.4) is 0 Å². The molecule has 0 fully saturated rings. The molecule has 0 unspecified atom stereocenters. The molecule has 2 aromatic carbocycles. The summed E-state index contributed by atoms with van der Waals surface area (Å²) in [7, 11) is 0. The fourth-order valence-electron chi connectivity index (χ4n) is 3.93. The summed E-state index contributed by atoms with van der Waals surface area (Å²) in [5.74, 6) is -0.0805. The van der Waals surface area contributed by atoms with Crippen LogP contribution in [0.5, 0.6) is 5.75 Å². The first-order valence-electron chi connectivity index (χ1n) is 11.5. The molecule has 0 aliphatic heterocycles. The van der Waals surface area contributed by atoms with Crippen molar-refractivity contribution < 1.29 is 19.1 Å². The molecule has 0 radical (unpaired) electrons. The molecule has 0 saturated carbocycles. The molecule has 3 heterocycles. The largest absolute Gasteiger partial charge is 0.494 e. The maximum atomic E-state index is 13.6. The second-order valence-electron chi connectivity index (χ2n) is 7.80. The van der Waals surface area contributed by atoms with E-state index in [9.17, 15) is 9.59 Å². The zero-order chi connectivity index (χ0) is 25.1. The normalized spacial score (nSPS) is 11.8. The number of carbonyl (C=O) groups is 2. The number of esters is 1. The average Bonchev–Trinajstić information content (AvgIpc) is 3.52. The molecular formula is C27H23N3O4S2. The molecular weight excluding hydrogens is 494 g/mol. The number of amides is 1. The van der Waals surface area contributed by atoms with E-state index in [-0.39, 0.29) is 13.2 Å². The lowest BCUT2D eigenvalue weighted by molar-refractivity contribution is -0.143. The Bertz CT molecular complexity index is 1630. The monoisotopic (exact) mass is 517 g/mol. The third-order valence-electron chi connectivity index (χ3n) is 5.48. The van der Waals surface area contributed by atoms with Gasteiger partial charge in [-0.05, 0) is 55.6 Å². The van der Waals surface area contributed by atoms with Gasteiger partial charge in [0.15, 0.2) is 4.80 Å². The number of para-hydroxylation sites is 1. The second kappa shape index (κ2) is 10.4. The van der Waals surface area contributed by atoms with E-state index in [1.54, 1.807) is 28.9 Å². The molecule has 5 aromatic rings. The Kier molecular flexibility index (Phi) is 6.92. The van der Waals surface area contributed by atoms with E-state index in [2.05, 4.69) is 4.99 Å². The van der Waals surface area contributed by atoms with Gasteiger partial charge in [-0.15, -0.1) is 11.3 Å². The number of ether oxygens (including phenoxy) is 2. The van der Waals surface area contributed by atoms with E-state index in [4.69, 9.17) is 14.5 Å². The summed E-state index contributed by atoms with van der Waals surface area (Å²) in [5.41, 5.74) is 2.68. The van der Waals surface area contributed by atoms with Crippen molar-refractivity contribution in [3.63, 3.8) is 0 Å². The van der Waals surface area contributed by atoms with E-state index in [1.165, 1.54) is 11.3 Å². The highest BCUT2D eigenvalue weighted by Crippen LogP contribution is 2.29. The van der Waals surface area contributed by atoms with Crippen LogP contribution in [0, 0.1) is 0 Å². The van der Waals surface area contributed by atoms with Crippen LogP contribution >= 0.6 is 22.7 Å². The fraction of sp³-hybridized carbons (Fsp3) is 0.185. The quantitative estimate of drug-likeness (QED) is 0.259. The van der Waals surface area contributed by atoms with E-state index >= 15 is 0 Å². The number of fused-ring (bicyclic) bond motifs is 2. The number of benzene rings is 2. The Morgan fingerprint density at radius 3 is 2.67 bits per heavy atom. The topological polar surface area (TPSA) is 82.8 Å². The lowest BCUT2D eigenvalue weighted by Crippen LogP contribution is -2.23. The Balaban J connectivity index is 1.66. The number of carbonyl (C=O) groups excluding carboxylic acids is 2. The van der Waals surface area contributed by atoms with Crippen LogP contribution in [0.25, 0.3) is 31.7 Å². The molecule has 0 bridgehead atoms. The van der Waals surface area contributed by atoms with E-state index in [0.29, 0.717) is 22.7 Å². The van der Waals surface area contributed by atoms with E-state index in [1.807, 2.05) is 66.9 Å². The van der Waals surface area contributed by atoms with Crippen LogP contribution in [-0.4, -0.2) is 34.6 Å². The molecule has 5 rings (SSSR count). The van der Waals surface area contributed by atoms with E-state index in [0.717, 1.165) is 31.7 Å². The summed E-state index contributed by atoms with van der Waals surface area (Å²) >= 11 is 2.89. The molecule has 0 aliphatic rings. The Morgan fingerprint density at radius 1 is 1.03 bits per heavy atom. The second-order valence-corrected chi connectivity index (χ2v) is 9.76. The molecule has 0 saturated heterocycles. The van der Waals surface area contributed by atoms with Crippen LogP contribution in [0.2, 0.25) is 0 Å². The third kappa shape index (κ3) is 4.80. The minimum absolute atomic E-state index is 0.0501. The number of aromatic nitrogens is 2. The van der Waals surface area contributed by atoms with Gasteiger partial charge >= 0.3 is 5.97 Å². The SMILES string of the molecule is CCOC(=O)Cn1c(=NC(=O)c2cc(-c3cccs3)nc3ccccc23)sc2cc(OCC)ccc21. The number of hydrogen-bond donors (Lipinski definition) is 0. The number of hydrogen-bond acceptors (Lipinski definition) is 7. The van der Waals surface area contributed by atoms with Crippen molar-refractivity contribution >= 4 is 55.7 Å². The van der Waals surface area contributed by atoms with Crippen molar-refractivity contribution in [2.45, 2.75) is 20.4 Å². The van der Waals surface area contributed by atoms with Crippen molar-refractivity contribution in [3.05, 3.63) is 76.4 Å². The zero-order valence-corrected chi connectivity index (χ0v) is 21.4. The van der Waals surface area contributed by atoms with Gasteiger partial charge in [-0.2, -0.15) is 4.99 Å². The van der Waals surface area contributed by atoms with Crippen molar-refractivity contribution in [3.8, 4) is 16.3 Å². The molecule has 7 nitrogen and oxygen atoms in total. The standard InChI is InChI=1S/C27H23N3O4S2/c1-3-33-17-11-12-22-24(14-17)36-27(30(22)16-25(31)34-4-2)29-26(32)19-15-21(23-10-7-13-35-23)28-20-9-6-5-8-18(19)20/h5-15H,3-4,16H2,1-2H3. The molecule has 3 aromatic heterocycles. The van der Waals surface area contributed by atoms with Crippen LogP contribution in [0.1, 0.15) is 24.2 Å². The van der Waals surface area contributed by atoms with Crippen LogP contribution in [0.15, 0.2) is 71.0 Å². The molecule has 182 valence electrons. The van der Waals surface area contributed by atoms with Gasteiger partial charge in [0.1, 0.15) is 12.3 Å². The molecule has 1 amide bonds. The lowest BCUT2D eigenvalue weighted by Gasteiger charge is -2.07. The number of rotatable bonds is 7. The van der Waals surface area contributed by atoms with Gasteiger partial charge in [-0.25, -0.2) is 4.98 Å². The van der Waals surface area contributed by atoms with Gasteiger partial charge in [-0.1, -0.05) is 35.6 Å². The molecule has 36 heavy (non-hydrogen) atoms. The maximum Gasteiger partial charge on any atom is 0.326 e. The number of thiophene rings is 1. The summed E-state index contributed by atoms with van der Waals surface area (Å²) in [6, 6.07) is 18.9. The van der Waals surface area contributed by atoms with Gasteiger partial charge in [0.2, 0.25) is 0 Å². The summed E-state index contributed by atoms with van der Waals surface area (Å²) in [6.07, 6.45) is 0. The summed E-state index contributed by atoms with van der Waals surface area (Å²) in [4.78, 5) is 36.6. The van der Waals surface area contributed by atoms with Gasteiger partial charge < -0.3 is 14.0 Å². The van der Waals surface area contributed by atoms with Gasteiger partial charge in [0.25, 0.3) is 5.91 Å². The van der Waals surface area contributed by atoms with Crippen molar-refractivity contribution in [2.75, 3.05) is 13.2 Å². The first-order chi connectivity index (χ1) is 17.6. The predicted octanol–water partition coefficient (Wildman–Crippen LogP) is 5.68. The number of pyridine rings is 1. The molecule has 0 N–H and O–H groups in total. The van der Waals surface area contributed by atoms with Crippen LogP contribution < -0.4 is 9.54 Å². The Labute approximate surface area is 215 Å². The minimum Gasteiger partial charge on any atom is -0.494 e. The third-order valence-corrected chi connectivity index (χ3v) is 7.41. The smallest absolute Gasteiger partial charge is 0.326 e. The Morgan fingerprint density at radius 2 is 1.89 bits per heavy atom. The Hall–Kier alpha value is -3.82. The fourth-order valence-corrected chi connectivity index (χ4v) is 5.68. The average molecular weight is 518 g/mol. The maximum absolute atomic E-state index is 13.6. The summed E-state index contributed by atoms with van der Waals surface area (Å²) in [5, 5.41) is 2.70. The first-order valence-corrected chi connectivity index (χ1v) is 13.2. The first kappa shape index (κ1) is 23.9. The van der Waals surface area contributed by atoms with Crippen LogP contribution in [0.4, 0.5) is 0 Å². The minimum atomic E-state index is -0.402. The highest BCUT2D eigenvalue weighted by Gasteiger charge is 2.17.